The van der Waals surface area contributed by atoms with E-state index in [1.807, 2.05) is 24.3 Å². The van der Waals surface area contributed by atoms with Crippen molar-refractivity contribution < 1.29 is 13.2 Å². The van der Waals surface area contributed by atoms with Crippen LogP contribution in [-0.4, -0.2) is 14.8 Å². The van der Waals surface area contributed by atoms with Crippen molar-refractivity contribution in [2.75, 3.05) is 0 Å². The minimum absolute atomic E-state index is 0.507. The third-order valence-corrected chi connectivity index (χ3v) is 3.58. The van der Waals surface area contributed by atoms with E-state index in [-0.39, 0.29) is 0 Å². The van der Waals surface area contributed by atoms with E-state index < -0.39 is 11.7 Å². The minimum Gasteiger partial charge on any atom is -0.220 e. The molecule has 0 amide bonds. The van der Waals surface area contributed by atoms with E-state index in [0.29, 0.717) is 11.5 Å². The molecule has 0 radical (unpaired) electrons. The molecule has 0 saturated carbocycles. The quantitative estimate of drug-likeness (QED) is 0.656. The van der Waals surface area contributed by atoms with Crippen LogP contribution in [0.2, 0.25) is 0 Å². The molecule has 0 N–H and O–H groups in total. The minimum atomic E-state index is -4.34. The molecule has 0 fully saturated rings. The molecule has 22 heavy (non-hydrogen) atoms. The first-order valence-corrected chi connectivity index (χ1v) is 7.08. The van der Waals surface area contributed by atoms with Crippen molar-refractivity contribution in [3.05, 3.63) is 64.9 Å². The van der Waals surface area contributed by atoms with Crippen LogP contribution in [0.15, 0.2) is 59.3 Å². The Morgan fingerprint density at radius 1 is 0.909 bits per heavy atom. The lowest BCUT2D eigenvalue weighted by Gasteiger charge is -2.07. The number of hydrogen-bond donors (Lipinski definition) is 0. The van der Waals surface area contributed by atoms with Crippen molar-refractivity contribution in [3.8, 4) is 17.1 Å². The first-order valence-electron chi connectivity index (χ1n) is 6.29. The predicted molar refractivity (Wildman–Crippen MR) is 79.5 cm³/mol. The zero-order valence-corrected chi connectivity index (χ0v) is 12.6. The van der Waals surface area contributed by atoms with Gasteiger partial charge in [0.05, 0.1) is 11.3 Å². The Kier molecular flexibility index (Phi) is 3.74. The number of alkyl halides is 3. The number of nitrogens with zero attached hydrogens (tertiary/aromatic N) is 3. The highest BCUT2D eigenvalue weighted by atomic mass is 79.9. The highest BCUT2D eigenvalue weighted by molar-refractivity contribution is 9.10. The highest BCUT2D eigenvalue weighted by Gasteiger charge is 2.30. The lowest BCUT2D eigenvalue weighted by molar-refractivity contribution is -0.137. The monoisotopic (exact) mass is 367 g/mol. The Bertz CT molecular complexity index is 777. The van der Waals surface area contributed by atoms with Crippen LogP contribution in [0.1, 0.15) is 5.56 Å². The zero-order chi connectivity index (χ0) is 15.7. The van der Waals surface area contributed by atoms with Gasteiger partial charge < -0.3 is 0 Å². The van der Waals surface area contributed by atoms with Crippen LogP contribution in [0, 0.1) is 0 Å². The lowest BCUT2D eigenvalue weighted by Crippen LogP contribution is -2.05. The summed E-state index contributed by atoms with van der Waals surface area (Å²) < 4.78 is 40.0. The summed E-state index contributed by atoms with van der Waals surface area (Å²) in [5.74, 6) is 0.507. The van der Waals surface area contributed by atoms with Crippen LogP contribution in [-0.2, 0) is 6.18 Å². The smallest absolute Gasteiger partial charge is 0.220 e. The predicted octanol–water partition coefficient (Wildman–Crippen LogP) is 4.72. The Morgan fingerprint density at radius 2 is 1.55 bits per heavy atom. The molecule has 0 unspecified atom stereocenters. The average Bonchev–Trinajstić information content (AvgIpc) is 2.97. The van der Waals surface area contributed by atoms with Crippen molar-refractivity contribution in [1.82, 2.24) is 14.8 Å². The Hall–Kier alpha value is -2.15. The first kappa shape index (κ1) is 14.8. The van der Waals surface area contributed by atoms with E-state index in [9.17, 15) is 13.2 Å². The zero-order valence-electron chi connectivity index (χ0n) is 11.0. The molecular formula is C15H9BrF3N3. The highest BCUT2D eigenvalue weighted by Crippen LogP contribution is 2.29. The van der Waals surface area contributed by atoms with Crippen LogP contribution in [0.3, 0.4) is 0 Å². The van der Waals surface area contributed by atoms with Crippen molar-refractivity contribution in [3.63, 3.8) is 0 Å². The van der Waals surface area contributed by atoms with Crippen molar-refractivity contribution in [2.24, 2.45) is 0 Å². The molecule has 2 aromatic carbocycles. The molecule has 3 aromatic rings. The van der Waals surface area contributed by atoms with Crippen LogP contribution in [0.5, 0.6) is 0 Å². The molecule has 3 rings (SSSR count). The van der Waals surface area contributed by atoms with Gasteiger partial charge in [-0.2, -0.15) is 13.2 Å². The van der Waals surface area contributed by atoms with Crippen LogP contribution in [0.4, 0.5) is 13.2 Å². The summed E-state index contributed by atoms with van der Waals surface area (Å²) in [6.07, 6.45) is -2.87. The summed E-state index contributed by atoms with van der Waals surface area (Å²) in [5, 5.41) is 4.28. The van der Waals surface area contributed by atoms with E-state index in [1.54, 1.807) is 0 Å². The summed E-state index contributed by atoms with van der Waals surface area (Å²) in [7, 11) is 0. The molecule has 3 nitrogen and oxygen atoms in total. The molecule has 112 valence electrons. The molecule has 0 aliphatic rings. The second kappa shape index (κ2) is 5.57. The third kappa shape index (κ3) is 3.04. The fourth-order valence-corrected chi connectivity index (χ4v) is 2.19. The van der Waals surface area contributed by atoms with Gasteiger partial charge in [0.25, 0.3) is 0 Å². The van der Waals surface area contributed by atoms with E-state index >= 15 is 0 Å². The molecule has 0 atom stereocenters. The van der Waals surface area contributed by atoms with Gasteiger partial charge in [0.15, 0.2) is 5.82 Å². The van der Waals surface area contributed by atoms with Crippen molar-refractivity contribution in [1.29, 1.82) is 0 Å². The second-order valence-corrected chi connectivity index (χ2v) is 5.48. The number of benzene rings is 2. The number of halogens is 4. The maximum atomic E-state index is 12.5. The van der Waals surface area contributed by atoms with Crippen molar-refractivity contribution in [2.45, 2.75) is 6.18 Å². The Balaban J connectivity index is 1.89. The number of rotatable bonds is 2. The summed E-state index contributed by atoms with van der Waals surface area (Å²) in [6.45, 7) is 0. The number of hydrogen-bond acceptors (Lipinski definition) is 2. The van der Waals surface area contributed by atoms with Crippen LogP contribution in [0.25, 0.3) is 17.1 Å². The molecule has 0 aliphatic heterocycles. The van der Waals surface area contributed by atoms with Crippen LogP contribution < -0.4 is 0 Å². The van der Waals surface area contributed by atoms with Gasteiger partial charge in [-0.3, -0.25) is 0 Å². The van der Waals surface area contributed by atoms with Gasteiger partial charge in [0.1, 0.15) is 6.33 Å². The Morgan fingerprint density at radius 3 is 2.14 bits per heavy atom. The van der Waals surface area contributed by atoms with Crippen molar-refractivity contribution >= 4 is 15.9 Å². The standard InChI is InChI=1S/C15H9BrF3N3/c16-12-5-1-10(2-6-12)14-20-9-22(21-14)13-7-3-11(4-8-13)15(17,18)19/h1-9H. The third-order valence-electron chi connectivity index (χ3n) is 3.05. The lowest BCUT2D eigenvalue weighted by atomic mass is 10.2. The normalized spacial score (nSPS) is 11.6. The maximum Gasteiger partial charge on any atom is 0.416 e. The SMILES string of the molecule is FC(F)(F)c1ccc(-n2cnc(-c3ccc(Br)cc3)n2)cc1. The second-order valence-electron chi connectivity index (χ2n) is 4.56. The van der Waals surface area contributed by atoms with E-state index in [0.717, 1.165) is 22.2 Å². The van der Waals surface area contributed by atoms with Gasteiger partial charge in [-0.1, -0.05) is 28.1 Å². The fourth-order valence-electron chi connectivity index (χ4n) is 1.92. The molecular weight excluding hydrogens is 359 g/mol. The Labute approximate surface area is 132 Å². The first-order chi connectivity index (χ1) is 10.4. The van der Waals surface area contributed by atoms with Gasteiger partial charge in [0, 0.05) is 10.0 Å². The van der Waals surface area contributed by atoms with E-state index in [1.165, 1.54) is 23.1 Å². The maximum absolute atomic E-state index is 12.5. The van der Waals surface area contributed by atoms with Gasteiger partial charge in [0.2, 0.25) is 0 Å². The van der Waals surface area contributed by atoms with Gasteiger partial charge >= 0.3 is 6.18 Å². The topological polar surface area (TPSA) is 30.7 Å². The van der Waals surface area contributed by atoms with Gasteiger partial charge in [-0.15, -0.1) is 5.10 Å². The summed E-state index contributed by atoms with van der Waals surface area (Å²) in [5.41, 5.74) is 0.655. The van der Waals surface area contributed by atoms with Gasteiger partial charge in [-0.05, 0) is 36.4 Å². The number of aromatic nitrogens is 3. The molecule has 0 bridgehead atoms. The summed E-state index contributed by atoms with van der Waals surface area (Å²) in [4.78, 5) is 4.18. The molecule has 0 saturated heterocycles. The average molecular weight is 368 g/mol. The van der Waals surface area contributed by atoms with E-state index in [2.05, 4.69) is 26.0 Å². The molecule has 0 aliphatic carbocycles. The fraction of sp³-hybridized carbons (Fsp3) is 0.0667. The summed E-state index contributed by atoms with van der Waals surface area (Å²) >= 11 is 3.34. The molecule has 1 heterocycles. The van der Waals surface area contributed by atoms with Gasteiger partial charge in [-0.25, -0.2) is 9.67 Å². The molecule has 1 aromatic heterocycles. The molecule has 0 spiro atoms. The summed E-state index contributed by atoms with van der Waals surface area (Å²) in [6, 6.07) is 12.2. The largest absolute Gasteiger partial charge is 0.416 e. The van der Waals surface area contributed by atoms with E-state index in [4.69, 9.17) is 0 Å². The molecule has 7 heteroatoms. The van der Waals surface area contributed by atoms with Crippen LogP contribution >= 0.6 is 15.9 Å².